The molecule has 11 heavy (non-hydrogen) atoms. The number of carbonyl (C=O) groups excluding carboxylic acids is 1. The average Bonchev–Trinajstić information content (AvgIpc) is 2.05. The van der Waals surface area contributed by atoms with Gasteiger partial charge in [0.1, 0.15) is 0 Å². The fraction of sp³-hybridized carbons (Fsp3) is 0. The van der Waals surface area contributed by atoms with E-state index in [9.17, 15) is 9.18 Å². The molecule has 1 rings (SSSR count). The molecule has 57 valence electrons. The van der Waals surface area contributed by atoms with Gasteiger partial charge in [0.2, 0.25) is 0 Å². The molecule has 2 nitrogen and oxygen atoms in total. The number of hydrogen-bond acceptors (Lipinski definition) is 2. The predicted molar refractivity (Wildman–Crippen MR) is 39.0 cm³/mol. The van der Waals surface area contributed by atoms with Gasteiger partial charge in [0.05, 0.1) is 0 Å². The first-order chi connectivity index (χ1) is 5.24. The number of hydrogen-bond donors (Lipinski definition) is 0. The molecule has 0 saturated carbocycles. The van der Waals surface area contributed by atoms with Gasteiger partial charge in [0.15, 0.2) is 0 Å². The molecule has 1 aromatic rings. The van der Waals surface area contributed by atoms with E-state index in [0.717, 1.165) is 0 Å². The SMILES string of the molecule is O=C([O][BiH])c1ccc(F)cc1. The average molecular weight is 349 g/mol. The Bertz CT molecular complexity index is 258. The summed E-state index contributed by atoms with van der Waals surface area (Å²) < 4.78 is 16.9. The molecular formula is C7H5BiFO2. The molecule has 0 heterocycles. The van der Waals surface area contributed by atoms with Gasteiger partial charge in [-0.25, -0.2) is 0 Å². The van der Waals surface area contributed by atoms with Crippen molar-refractivity contribution in [2.75, 3.05) is 0 Å². The molecule has 0 aliphatic heterocycles. The summed E-state index contributed by atoms with van der Waals surface area (Å²) in [6, 6.07) is 5.26. The minimum atomic E-state index is -0.392. The van der Waals surface area contributed by atoms with Crippen LogP contribution in [0.1, 0.15) is 10.4 Å². The molecule has 4 heteroatoms. The first-order valence-electron chi connectivity index (χ1n) is 2.87. The van der Waals surface area contributed by atoms with Crippen molar-refractivity contribution in [1.82, 2.24) is 0 Å². The Balaban J connectivity index is 2.90. The molecule has 1 aromatic carbocycles. The van der Waals surface area contributed by atoms with Crippen LogP contribution in [0.4, 0.5) is 4.39 Å². The molecule has 0 aliphatic carbocycles. The van der Waals surface area contributed by atoms with E-state index in [4.69, 9.17) is 0 Å². The molecule has 0 spiro atoms. The molecule has 0 N–H and O–H groups in total. The van der Waals surface area contributed by atoms with Crippen molar-refractivity contribution in [3.05, 3.63) is 35.6 Å². The molecule has 0 fully saturated rings. The number of carbonyl (C=O) groups is 1. The van der Waals surface area contributed by atoms with Crippen LogP contribution in [0, 0.1) is 5.82 Å². The van der Waals surface area contributed by atoms with E-state index in [-0.39, 0.29) is 5.82 Å². The summed E-state index contributed by atoms with van der Waals surface area (Å²) in [6.45, 7) is 0. The van der Waals surface area contributed by atoms with Gasteiger partial charge in [-0.3, -0.25) is 0 Å². The predicted octanol–water partition coefficient (Wildman–Crippen LogP) is 0.798. The van der Waals surface area contributed by atoms with E-state index < -0.39 is 5.97 Å². The second-order valence-corrected chi connectivity index (χ2v) is 2.69. The maximum atomic E-state index is 12.3. The van der Waals surface area contributed by atoms with E-state index >= 15 is 0 Å². The molecule has 0 unspecified atom stereocenters. The standard InChI is InChI=1S/C7H5FO2.Bi.H/c8-6-3-1-5(2-4-6)7(9)10;;/h1-4H,(H,9,10);;/q;+1;/p-1. The van der Waals surface area contributed by atoms with Crippen molar-refractivity contribution in [3.63, 3.8) is 0 Å². The van der Waals surface area contributed by atoms with Gasteiger partial charge in [0, 0.05) is 0 Å². The van der Waals surface area contributed by atoms with Crippen LogP contribution in [-0.4, -0.2) is 31.1 Å². The fourth-order valence-corrected chi connectivity index (χ4v) is 1.10. The Hall–Kier alpha value is -0.497. The van der Waals surface area contributed by atoms with Crippen molar-refractivity contribution in [2.45, 2.75) is 0 Å². The Kier molecular flexibility index (Phi) is 2.95. The fourth-order valence-electron chi connectivity index (χ4n) is 0.645. The zero-order chi connectivity index (χ0) is 8.27. The van der Waals surface area contributed by atoms with Crippen LogP contribution in [0.25, 0.3) is 0 Å². The van der Waals surface area contributed by atoms with E-state index in [1.165, 1.54) is 24.3 Å². The first kappa shape index (κ1) is 8.60. The minimum absolute atomic E-state index is 0.352. The van der Waals surface area contributed by atoms with E-state index in [1.807, 2.05) is 0 Å². The van der Waals surface area contributed by atoms with Crippen LogP contribution in [0.15, 0.2) is 24.3 Å². The van der Waals surface area contributed by atoms with Crippen molar-refractivity contribution in [3.8, 4) is 0 Å². The van der Waals surface area contributed by atoms with Gasteiger partial charge in [-0.15, -0.1) is 0 Å². The summed E-state index contributed by atoms with van der Waals surface area (Å²) in [4.78, 5) is 10.8. The van der Waals surface area contributed by atoms with E-state index in [0.29, 0.717) is 30.7 Å². The van der Waals surface area contributed by atoms with Crippen LogP contribution in [0.5, 0.6) is 0 Å². The Morgan fingerprint density at radius 1 is 1.36 bits per heavy atom. The van der Waals surface area contributed by atoms with Gasteiger partial charge in [-0.1, -0.05) is 0 Å². The summed E-state index contributed by atoms with van der Waals surface area (Å²) in [5, 5.41) is 0. The zero-order valence-corrected chi connectivity index (χ0v) is 9.39. The molecule has 1 radical (unpaired) electrons. The number of benzene rings is 1. The van der Waals surface area contributed by atoms with Gasteiger partial charge in [-0.2, -0.15) is 0 Å². The summed E-state index contributed by atoms with van der Waals surface area (Å²) in [5.41, 5.74) is 0.390. The van der Waals surface area contributed by atoms with Crippen molar-refractivity contribution < 1.29 is 12.0 Å². The third kappa shape index (κ3) is 2.23. The van der Waals surface area contributed by atoms with Crippen molar-refractivity contribution >= 4 is 31.1 Å². The Labute approximate surface area is 78.8 Å². The molecule has 0 bridgehead atoms. The van der Waals surface area contributed by atoms with Gasteiger partial charge in [-0.05, 0) is 0 Å². The van der Waals surface area contributed by atoms with Crippen molar-refractivity contribution in [2.24, 2.45) is 0 Å². The van der Waals surface area contributed by atoms with Gasteiger partial charge >= 0.3 is 78.8 Å². The van der Waals surface area contributed by atoms with E-state index in [1.54, 1.807) is 0 Å². The second kappa shape index (κ2) is 3.77. The third-order valence-corrected chi connectivity index (χ3v) is 1.89. The van der Waals surface area contributed by atoms with Crippen LogP contribution in [-0.2, 0) is 2.81 Å². The van der Waals surface area contributed by atoms with Crippen LogP contribution < -0.4 is 0 Å². The van der Waals surface area contributed by atoms with Crippen molar-refractivity contribution in [1.29, 1.82) is 0 Å². The van der Waals surface area contributed by atoms with Gasteiger partial charge in [0.25, 0.3) is 0 Å². The van der Waals surface area contributed by atoms with Crippen LogP contribution in [0.2, 0.25) is 0 Å². The van der Waals surface area contributed by atoms with E-state index in [2.05, 4.69) is 2.81 Å². The van der Waals surface area contributed by atoms with Crippen LogP contribution in [0.3, 0.4) is 0 Å². The summed E-state index contributed by atoms with van der Waals surface area (Å²) in [5.74, 6) is -0.744. The van der Waals surface area contributed by atoms with Gasteiger partial charge < -0.3 is 0 Å². The summed E-state index contributed by atoms with van der Waals surface area (Å²) in [6.07, 6.45) is 0. The second-order valence-electron chi connectivity index (χ2n) is 1.90. The Morgan fingerprint density at radius 3 is 2.36 bits per heavy atom. The molecule has 0 aromatic heterocycles. The first-order valence-corrected chi connectivity index (χ1v) is 4.46. The summed E-state index contributed by atoms with van der Waals surface area (Å²) in [7, 11) is 0. The third-order valence-electron chi connectivity index (χ3n) is 1.17. The monoisotopic (exact) mass is 349 g/mol. The normalized spacial score (nSPS) is 9.27. The maximum absolute atomic E-state index is 12.3. The van der Waals surface area contributed by atoms with Crippen LogP contribution >= 0.6 is 0 Å². The molecule has 0 saturated heterocycles. The quantitative estimate of drug-likeness (QED) is 0.702. The molecule has 0 amide bonds. The number of halogens is 1. The zero-order valence-electron chi connectivity index (χ0n) is 5.50. The topological polar surface area (TPSA) is 26.3 Å². The number of rotatable bonds is 1. The Morgan fingerprint density at radius 2 is 1.91 bits per heavy atom. The molecule has 0 aliphatic rings. The summed E-state index contributed by atoms with van der Waals surface area (Å²) >= 11 is 0.362. The molecule has 0 atom stereocenters. The molecular weight excluding hydrogens is 344 g/mol.